The molecule has 0 fully saturated rings. The smallest absolute Gasteiger partial charge is 0.221 e. The summed E-state index contributed by atoms with van der Waals surface area (Å²) >= 11 is 0. The second kappa shape index (κ2) is 9.88. The lowest BCUT2D eigenvalue weighted by atomic mass is 9.94. The lowest BCUT2D eigenvalue weighted by Gasteiger charge is -2.16. The quantitative estimate of drug-likeness (QED) is 0.567. The fourth-order valence-electron chi connectivity index (χ4n) is 1.86. The summed E-state index contributed by atoms with van der Waals surface area (Å²) in [7, 11) is 0. The summed E-state index contributed by atoms with van der Waals surface area (Å²) in [5, 5.41) is 5.44. The van der Waals surface area contributed by atoms with Crippen LogP contribution in [0.2, 0.25) is 0 Å². The Labute approximate surface area is 110 Å². The molecule has 0 radical (unpaired) electrons. The maximum atomic E-state index is 11.6. The van der Waals surface area contributed by atoms with E-state index in [-0.39, 0.29) is 17.7 Å². The first-order chi connectivity index (χ1) is 8.49. The summed E-state index contributed by atoms with van der Waals surface area (Å²) in [5.41, 5.74) is 5.64. The maximum Gasteiger partial charge on any atom is 0.221 e. The lowest BCUT2D eigenvalue weighted by Crippen LogP contribution is -2.32. The van der Waals surface area contributed by atoms with Crippen molar-refractivity contribution in [2.75, 3.05) is 19.6 Å². The van der Waals surface area contributed by atoms with Gasteiger partial charge in [-0.15, -0.1) is 0 Å². The van der Waals surface area contributed by atoms with E-state index in [1.165, 1.54) is 0 Å². The van der Waals surface area contributed by atoms with Crippen LogP contribution >= 0.6 is 0 Å². The number of amides is 2. The van der Waals surface area contributed by atoms with Crippen molar-refractivity contribution in [3.05, 3.63) is 0 Å². The number of rotatable bonds is 9. The van der Waals surface area contributed by atoms with Gasteiger partial charge in [-0.3, -0.25) is 9.59 Å². The third-order valence-corrected chi connectivity index (χ3v) is 2.66. The first-order valence-corrected chi connectivity index (χ1v) is 6.73. The molecule has 4 N–H and O–H groups in total. The number of hydrogen-bond donors (Lipinski definition) is 3. The van der Waals surface area contributed by atoms with E-state index >= 15 is 0 Å². The average Bonchev–Trinajstić information content (AvgIpc) is 2.27. The summed E-state index contributed by atoms with van der Waals surface area (Å²) < 4.78 is 0. The average molecular weight is 257 g/mol. The van der Waals surface area contributed by atoms with Crippen LogP contribution in [0.15, 0.2) is 0 Å². The molecule has 0 aliphatic heterocycles. The summed E-state index contributed by atoms with van der Waals surface area (Å²) in [6.45, 7) is 7.65. The van der Waals surface area contributed by atoms with E-state index in [0.29, 0.717) is 38.4 Å². The molecule has 2 amide bonds. The highest BCUT2D eigenvalue weighted by Crippen LogP contribution is 2.13. The van der Waals surface area contributed by atoms with Gasteiger partial charge in [-0.25, -0.2) is 0 Å². The molecular weight excluding hydrogens is 230 g/mol. The van der Waals surface area contributed by atoms with E-state index in [2.05, 4.69) is 24.5 Å². The van der Waals surface area contributed by atoms with Gasteiger partial charge in [0, 0.05) is 25.9 Å². The van der Waals surface area contributed by atoms with Gasteiger partial charge in [0.05, 0.1) is 0 Å². The maximum absolute atomic E-state index is 11.6. The molecule has 0 aliphatic carbocycles. The summed E-state index contributed by atoms with van der Waals surface area (Å²) in [4.78, 5) is 22.8. The third-order valence-electron chi connectivity index (χ3n) is 2.66. The van der Waals surface area contributed by atoms with Crippen LogP contribution in [-0.2, 0) is 9.59 Å². The normalized spacial score (nSPS) is 12.3. The zero-order valence-corrected chi connectivity index (χ0v) is 11.8. The van der Waals surface area contributed by atoms with Crippen LogP contribution in [0.1, 0.15) is 40.0 Å². The SMILES string of the molecule is CCNC(=O)CCNC(=O)C[C@@H](CN)CC(C)C. The number of hydrogen-bond acceptors (Lipinski definition) is 3. The van der Waals surface area contributed by atoms with Gasteiger partial charge in [-0.05, 0) is 31.7 Å². The van der Waals surface area contributed by atoms with Gasteiger partial charge in [-0.1, -0.05) is 13.8 Å². The molecule has 18 heavy (non-hydrogen) atoms. The van der Waals surface area contributed by atoms with Crippen LogP contribution in [0.3, 0.4) is 0 Å². The van der Waals surface area contributed by atoms with Gasteiger partial charge >= 0.3 is 0 Å². The number of nitrogens with one attached hydrogen (secondary N) is 2. The summed E-state index contributed by atoms with van der Waals surface area (Å²) in [6, 6.07) is 0. The van der Waals surface area contributed by atoms with E-state index in [1.54, 1.807) is 0 Å². The predicted molar refractivity (Wildman–Crippen MR) is 72.9 cm³/mol. The van der Waals surface area contributed by atoms with Gasteiger partial charge in [0.1, 0.15) is 0 Å². The molecule has 0 aliphatic rings. The van der Waals surface area contributed by atoms with Crippen molar-refractivity contribution in [3.8, 4) is 0 Å². The highest BCUT2D eigenvalue weighted by atomic mass is 16.2. The molecule has 0 saturated heterocycles. The number of carbonyl (C=O) groups is 2. The third kappa shape index (κ3) is 8.98. The fraction of sp³-hybridized carbons (Fsp3) is 0.846. The number of carbonyl (C=O) groups excluding carboxylic acids is 2. The first-order valence-electron chi connectivity index (χ1n) is 6.73. The van der Waals surface area contributed by atoms with Crippen molar-refractivity contribution in [1.82, 2.24) is 10.6 Å². The minimum absolute atomic E-state index is 0.0181. The standard InChI is InChI=1S/C13H27N3O2/c1-4-15-12(17)5-6-16-13(18)8-11(9-14)7-10(2)3/h10-11H,4-9,14H2,1-3H3,(H,15,17)(H,16,18)/t11-/m0/s1. The van der Waals surface area contributed by atoms with Crippen LogP contribution in [-0.4, -0.2) is 31.4 Å². The van der Waals surface area contributed by atoms with E-state index in [0.717, 1.165) is 6.42 Å². The van der Waals surface area contributed by atoms with Gasteiger partial charge in [0.2, 0.25) is 11.8 Å². The fourth-order valence-corrected chi connectivity index (χ4v) is 1.86. The zero-order chi connectivity index (χ0) is 14.0. The zero-order valence-electron chi connectivity index (χ0n) is 11.8. The molecule has 5 nitrogen and oxygen atoms in total. The van der Waals surface area contributed by atoms with Crippen molar-refractivity contribution in [2.45, 2.75) is 40.0 Å². The molecule has 106 valence electrons. The van der Waals surface area contributed by atoms with Gasteiger partial charge in [0.25, 0.3) is 0 Å². The molecule has 0 saturated carbocycles. The molecule has 0 aromatic heterocycles. The van der Waals surface area contributed by atoms with E-state index < -0.39 is 0 Å². The molecule has 0 spiro atoms. The van der Waals surface area contributed by atoms with Gasteiger partial charge < -0.3 is 16.4 Å². The summed E-state index contributed by atoms with van der Waals surface area (Å²) in [5.74, 6) is 0.724. The Hall–Kier alpha value is -1.10. The molecule has 0 heterocycles. The van der Waals surface area contributed by atoms with Gasteiger partial charge in [0.15, 0.2) is 0 Å². The van der Waals surface area contributed by atoms with Crippen molar-refractivity contribution in [1.29, 1.82) is 0 Å². The Morgan fingerprint density at radius 3 is 2.33 bits per heavy atom. The van der Waals surface area contributed by atoms with Crippen LogP contribution in [0.4, 0.5) is 0 Å². The molecular formula is C13H27N3O2. The minimum Gasteiger partial charge on any atom is -0.356 e. The Balaban J connectivity index is 3.78. The molecule has 0 aromatic rings. The summed E-state index contributed by atoms with van der Waals surface area (Å²) in [6.07, 6.45) is 1.74. The molecule has 0 aromatic carbocycles. The van der Waals surface area contributed by atoms with Crippen molar-refractivity contribution in [2.24, 2.45) is 17.6 Å². The van der Waals surface area contributed by atoms with Gasteiger partial charge in [-0.2, -0.15) is 0 Å². The van der Waals surface area contributed by atoms with Crippen LogP contribution in [0.5, 0.6) is 0 Å². The van der Waals surface area contributed by atoms with E-state index in [4.69, 9.17) is 5.73 Å². The largest absolute Gasteiger partial charge is 0.356 e. The first kappa shape index (κ1) is 16.9. The van der Waals surface area contributed by atoms with Crippen molar-refractivity contribution in [3.63, 3.8) is 0 Å². The molecule has 0 unspecified atom stereocenters. The minimum atomic E-state index is -0.0321. The molecule has 1 atom stereocenters. The highest BCUT2D eigenvalue weighted by Gasteiger charge is 2.13. The molecule has 5 heteroatoms. The topological polar surface area (TPSA) is 84.2 Å². The second-order valence-electron chi connectivity index (χ2n) is 4.99. The van der Waals surface area contributed by atoms with Crippen LogP contribution in [0.25, 0.3) is 0 Å². The Morgan fingerprint density at radius 2 is 1.83 bits per heavy atom. The number of nitrogens with two attached hydrogens (primary N) is 1. The molecule has 0 bridgehead atoms. The molecule has 0 rings (SSSR count). The predicted octanol–water partition coefficient (Wildman–Crippen LogP) is 0.640. The van der Waals surface area contributed by atoms with Crippen molar-refractivity contribution < 1.29 is 9.59 Å². The van der Waals surface area contributed by atoms with Crippen LogP contribution in [0, 0.1) is 11.8 Å². The Kier molecular flexibility index (Phi) is 9.28. The Bertz CT molecular complexity index is 255. The van der Waals surface area contributed by atoms with Crippen LogP contribution < -0.4 is 16.4 Å². The van der Waals surface area contributed by atoms with E-state index in [9.17, 15) is 9.59 Å². The lowest BCUT2D eigenvalue weighted by molar-refractivity contribution is -0.122. The monoisotopic (exact) mass is 257 g/mol. The Morgan fingerprint density at radius 1 is 1.17 bits per heavy atom. The van der Waals surface area contributed by atoms with E-state index in [1.807, 2.05) is 6.92 Å². The second-order valence-corrected chi connectivity index (χ2v) is 4.99. The highest BCUT2D eigenvalue weighted by molar-refractivity contribution is 5.79. The van der Waals surface area contributed by atoms with Crippen molar-refractivity contribution >= 4 is 11.8 Å².